The van der Waals surface area contributed by atoms with Crippen LogP contribution in [0.3, 0.4) is 0 Å². The lowest BCUT2D eigenvalue weighted by Crippen LogP contribution is -1.73. The third-order valence-corrected chi connectivity index (χ3v) is 1.46. The van der Waals surface area contributed by atoms with Crippen molar-refractivity contribution < 1.29 is 0 Å². The molecular formula is C10H18. The van der Waals surface area contributed by atoms with Crippen molar-refractivity contribution in [1.29, 1.82) is 0 Å². The van der Waals surface area contributed by atoms with Gasteiger partial charge in [-0.2, -0.15) is 0 Å². The van der Waals surface area contributed by atoms with Crippen molar-refractivity contribution in [2.24, 2.45) is 0 Å². The molecule has 0 rings (SSSR count). The Morgan fingerprint density at radius 1 is 0.900 bits per heavy atom. The smallest absolute Gasteiger partial charge is 0.00886 e. The summed E-state index contributed by atoms with van der Waals surface area (Å²) in [6.07, 6.45) is 7.45. The average molecular weight is 138 g/mol. The molecule has 0 nitrogen and oxygen atoms in total. The minimum Gasteiger partial charge on any atom is -0.104 e. The Morgan fingerprint density at radius 2 is 1.70 bits per heavy atom. The fraction of sp³-hybridized carbons (Fsp3) is 0.800. The highest BCUT2D eigenvalue weighted by Gasteiger charge is 1.82. The molecule has 0 saturated heterocycles. The van der Waals surface area contributed by atoms with E-state index >= 15 is 0 Å². The van der Waals surface area contributed by atoms with E-state index < -0.39 is 0 Å². The molecule has 0 heterocycles. The Labute approximate surface area is 65.0 Å². The third kappa shape index (κ3) is 7.56. The molecule has 0 unspecified atom stereocenters. The van der Waals surface area contributed by atoms with Gasteiger partial charge in [0.2, 0.25) is 0 Å². The predicted octanol–water partition coefficient (Wildman–Crippen LogP) is 3.37. The van der Waals surface area contributed by atoms with E-state index in [0.717, 1.165) is 12.8 Å². The molecule has 0 spiro atoms. The Kier molecular flexibility index (Phi) is 8.18. The van der Waals surface area contributed by atoms with Gasteiger partial charge in [0.05, 0.1) is 0 Å². The van der Waals surface area contributed by atoms with Crippen LogP contribution in [0.4, 0.5) is 0 Å². The Balaban J connectivity index is 2.90. The molecule has 0 heteroatoms. The van der Waals surface area contributed by atoms with Crippen LogP contribution in [-0.4, -0.2) is 0 Å². The van der Waals surface area contributed by atoms with Crippen LogP contribution in [0.1, 0.15) is 52.4 Å². The first-order chi connectivity index (χ1) is 4.91. The van der Waals surface area contributed by atoms with Crippen molar-refractivity contribution in [2.45, 2.75) is 52.4 Å². The SMILES string of the molecule is CCC#CCCCCCC. The van der Waals surface area contributed by atoms with Gasteiger partial charge in [0, 0.05) is 12.8 Å². The molecule has 0 aliphatic rings. The molecular weight excluding hydrogens is 120 g/mol. The number of unbranched alkanes of at least 4 members (excludes halogenated alkanes) is 4. The summed E-state index contributed by atoms with van der Waals surface area (Å²) >= 11 is 0. The lowest BCUT2D eigenvalue weighted by Gasteiger charge is -1.91. The summed E-state index contributed by atoms with van der Waals surface area (Å²) in [5.74, 6) is 6.22. The molecule has 0 amide bonds. The zero-order valence-electron chi connectivity index (χ0n) is 7.24. The van der Waals surface area contributed by atoms with Gasteiger partial charge in [-0.05, 0) is 6.42 Å². The van der Waals surface area contributed by atoms with Crippen molar-refractivity contribution in [2.75, 3.05) is 0 Å². The first-order valence-electron chi connectivity index (χ1n) is 4.37. The highest BCUT2D eigenvalue weighted by atomic mass is 13.9. The second kappa shape index (κ2) is 8.56. The molecule has 0 aromatic rings. The highest BCUT2D eigenvalue weighted by Crippen LogP contribution is 2.00. The molecule has 0 bridgehead atoms. The summed E-state index contributed by atoms with van der Waals surface area (Å²) in [5.41, 5.74) is 0. The maximum atomic E-state index is 3.14. The second-order valence-corrected chi connectivity index (χ2v) is 2.52. The first-order valence-corrected chi connectivity index (χ1v) is 4.37. The number of rotatable bonds is 4. The lowest BCUT2D eigenvalue weighted by atomic mass is 10.1. The largest absolute Gasteiger partial charge is 0.104 e. The summed E-state index contributed by atoms with van der Waals surface area (Å²) in [4.78, 5) is 0. The van der Waals surface area contributed by atoms with Crippen molar-refractivity contribution in [3.05, 3.63) is 0 Å². The molecule has 0 aliphatic heterocycles. The normalized spacial score (nSPS) is 8.60. The third-order valence-electron chi connectivity index (χ3n) is 1.46. The average Bonchev–Trinajstić information content (AvgIpc) is 1.97. The topological polar surface area (TPSA) is 0 Å². The van der Waals surface area contributed by atoms with Gasteiger partial charge in [-0.3, -0.25) is 0 Å². The zero-order chi connectivity index (χ0) is 7.66. The predicted molar refractivity (Wildman–Crippen MR) is 46.8 cm³/mol. The molecule has 0 fully saturated rings. The minimum atomic E-state index is 1.01. The minimum absolute atomic E-state index is 1.01. The Morgan fingerprint density at radius 3 is 2.30 bits per heavy atom. The van der Waals surface area contributed by atoms with Gasteiger partial charge in [-0.15, -0.1) is 11.8 Å². The molecule has 0 N–H and O–H groups in total. The lowest BCUT2D eigenvalue weighted by molar-refractivity contribution is 0.679. The molecule has 0 saturated carbocycles. The number of hydrogen-bond acceptors (Lipinski definition) is 0. The van der Waals surface area contributed by atoms with Crippen LogP contribution in [-0.2, 0) is 0 Å². The molecule has 0 radical (unpaired) electrons. The van der Waals surface area contributed by atoms with Crippen LogP contribution in [0.2, 0.25) is 0 Å². The van der Waals surface area contributed by atoms with Gasteiger partial charge in [-0.1, -0.05) is 33.1 Å². The summed E-state index contributed by atoms with van der Waals surface area (Å²) in [6, 6.07) is 0. The molecule has 0 aliphatic carbocycles. The summed E-state index contributed by atoms with van der Waals surface area (Å²) in [6.45, 7) is 4.33. The fourth-order valence-electron chi connectivity index (χ4n) is 0.854. The van der Waals surface area contributed by atoms with E-state index in [9.17, 15) is 0 Å². The monoisotopic (exact) mass is 138 g/mol. The van der Waals surface area contributed by atoms with Gasteiger partial charge in [0.1, 0.15) is 0 Å². The van der Waals surface area contributed by atoms with E-state index in [1.807, 2.05) is 0 Å². The van der Waals surface area contributed by atoms with Crippen molar-refractivity contribution in [1.82, 2.24) is 0 Å². The summed E-state index contributed by atoms with van der Waals surface area (Å²) in [5, 5.41) is 0. The maximum Gasteiger partial charge on any atom is 0.00886 e. The van der Waals surface area contributed by atoms with Crippen LogP contribution in [0, 0.1) is 11.8 Å². The van der Waals surface area contributed by atoms with Crippen molar-refractivity contribution in [3.8, 4) is 11.8 Å². The van der Waals surface area contributed by atoms with E-state index in [0.29, 0.717) is 0 Å². The van der Waals surface area contributed by atoms with Gasteiger partial charge < -0.3 is 0 Å². The van der Waals surface area contributed by atoms with Crippen molar-refractivity contribution >= 4 is 0 Å². The maximum absolute atomic E-state index is 3.14. The van der Waals surface area contributed by atoms with E-state index in [4.69, 9.17) is 0 Å². The zero-order valence-corrected chi connectivity index (χ0v) is 7.24. The van der Waals surface area contributed by atoms with E-state index in [1.165, 1.54) is 25.7 Å². The summed E-state index contributed by atoms with van der Waals surface area (Å²) in [7, 11) is 0. The van der Waals surface area contributed by atoms with Crippen molar-refractivity contribution in [3.63, 3.8) is 0 Å². The molecule has 58 valence electrons. The quantitative estimate of drug-likeness (QED) is 0.412. The molecule has 0 aromatic heterocycles. The molecule has 0 atom stereocenters. The molecule has 0 aromatic carbocycles. The Bertz CT molecular complexity index is 103. The fourth-order valence-corrected chi connectivity index (χ4v) is 0.854. The van der Waals surface area contributed by atoms with Crippen LogP contribution >= 0.6 is 0 Å². The van der Waals surface area contributed by atoms with Gasteiger partial charge in [0.15, 0.2) is 0 Å². The standard InChI is InChI=1S/C10H18/c1-3-5-7-9-10-8-6-4-2/h3-5,7,9-10H2,1-2H3. The van der Waals surface area contributed by atoms with E-state index in [1.54, 1.807) is 0 Å². The Hall–Kier alpha value is -0.440. The number of hydrogen-bond donors (Lipinski definition) is 0. The molecule has 10 heavy (non-hydrogen) atoms. The highest BCUT2D eigenvalue weighted by molar-refractivity contribution is 4.97. The van der Waals surface area contributed by atoms with Gasteiger partial charge in [0.25, 0.3) is 0 Å². The summed E-state index contributed by atoms with van der Waals surface area (Å²) < 4.78 is 0. The van der Waals surface area contributed by atoms with E-state index in [-0.39, 0.29) is 0 Å². The van der Waals surface area contributed by atoms with Crippen LogP contribution in [0.15, 0.2) is 0 Å². The van der Waals surface area contributed by atoms with Crippen LogP contribution in [0.25, 0.3) is 0 Å². The van der Waals surface area contributed by atoms with Gasteiger partial charge >= 0.3 is 0 Å². The van der Waals surface area contributed by atoms with Gasteiger partial charge in [-0.25, -0.2) is 0 Å². The van der Waals surface area contributed by atoms with Crippen LogP contribution < -0.4 is 0 Å². The van der Waals surface area contributed by atoms with Crippen LogP contribution in [0.5, 0.6) is 0 Å². The van der Waals surface area contributed by atoms with E-state index in [2.05, 4.69) is 25.7 Å². The first kappa shape index (κ1) is 9.56. The second-order valence-electron chi connectivity index (χ2n) is 2.52.